The molecule has 0 saturated heterocycles. The second-order valence-electron chi connectivity index (χ2n) is 5.83. The van der Waals surface area contributed by atoms with Gasteiger partial charge in [-0.1, -0.05) is 17.7 Å². The van der Waals surface area contributed by atoms with Crippen molar-refractivity contribution in [3.05, 3.63) is 59.7 Å². The van der Waals surface area contributed by atoms with E-state index >= 15 is 0 Å². The summed E-state index contributed by atoms with van der Waals surface area (Å²) in [5.74, 6) is 0.380. The zero-order valence-electron chi connectivity index (χ0n) is 14.6. The van der Waals surface area contributed by atoms with E-state index in [1.807, 2.05) is 43.3 Å². The SMILES string of the molecule is Cc1ccc(-c2nnc(-c3ccc(C(=O)N(CC#N)CC#N)cc3)o2)cc1. The Bertz CT molecular complexity index is 1010. The summed E-state index contributed by atoms with van der Waals surface area (Å²) in [6, 6.07) is 18.1. The number of benzene rings is 2. The minimum atomic E-state index is -0.379. The van der Waals surface area contributed by atoms with Gasteiger partial charge in [0.15, 0.2) is 0 Å². The van der Waals surface area contributed by atoms with Gasteiger partial charge in [0.2, 0.25) is 11.8 Å². The molecule has 0 unspecified atom stereocenters. The van der Waals surface area contributed by atoms with Crippen LogP contribution in [0.3, 0.4) is 0 Å². The smallest absolute Gasteiger partial charge is 0.255 e. The molecule has 0 saturated carbocycles. The average molecular weight is 357 g/mol. The Hall–Kier alpha value is -3.97. The number of carbonyl (C=O) groups is 1. The van der Waals surface area contributed by atoms with E-state index in [9.17, 15) is 4.79 Å². The van der Waals surface area contributed by atoms with Gasteiger partial charge in [0, 0.05) is 16.7 Å². The lowest BCUT2D eigenvalue weighted by molar-refractivity contribution is 0.0794. The summed E-state index contributed by atoms with van der Waals surface area (Å²) in [6.45, 7) is 1.72. The van der Waals surface area contributed by atoms with Gasteiger partial charge in [0.1, 0.15) is 13.1 Å². The standard InChI is InChI=1S/C20H15N5O2/c1-14-2-4-15(5-3-14)18-23-24-19(27-18)16-6-8-17(9-7-16)20(26)25(12-10-21)13-11-22/h2-9H,12-13H2,1H3. The van der Waals surface area contributed by atoms with Gasteiger partial charge in [0.25, 0.3) is 5.91 Å². The van der Waals surface area contributed by atoms with E-state index < -0.39 is 0 Å². The molecular weight excluding hydrogens is 342 g/mol. The highest BCUT2D eigenvalue weighted by Crippen LogP contribution is 2.24. The molecule has 7 nitrogen and oxygen atoms in total. The predicted octanol–water partition coefficient (Wildman–Crippen LogP) is 3.20. The van der Waals surface area contributed by atoms with Gasteiger partial charge in [-0.2, -0.15) is 10.5 Å². The molecule has 3 aromatic rings. The molecule has 0 bridgehead atoms. The van der Waals surface area contributed by atoms with Crippen molar-refractivity contribution >= 4 is 5.91 Å². The first-order chi connectivity index (χ1) is 13.1. The maximum atomic E-state index is 12.4. The highest BCUT2D eigenvalue weighted by Gasteiger charge is 2.16. The van der Waals surface area contributed by atoms with Gasteiger partial charge in [-0.25, -0.2) is 0 Å². The summed E-state index contributed by atoms with van der Waals surface area (Å²) < 4.78 is 5.72. The van der Waals surface area contributed by atoms with E-state index in [4.69, 9.17) is 14.9 Å². The zero-order valence-corrected chi connectivity index (χ0v) is 14.6. The Morgan fingerprint density at radius 1 is 0.926 bits per heavy atom. The molecule has 0 N–H and O–H groups in total. The molecule has 0 aliphatic carbocycles. The Balaban J connectivity index is 1.80. The van der Waals surface area contributed by atoms with Crippen molar-refractivity contribution in [3.63, 3.8) is 0 Å². The Kier molecular flexibility index (Phi) is 5.25. The van der Waals surface area contributed by atoms with E-state index in [1.54, 1.807) is 24.3 Å². The number of aromatic nitrogens is 2. The topological polar surface area (TPSA) is 107 Å². The van der Waals surface area contributed by atoms with E-state index in [0.29, 0.717) is 22.9 Å². The zero-order chi connectivity index (χ0) is 19.2. The number of rotatable bonds is 5. The maximum absolute atomic E-state index is 12.4. The van der Waals surface area contributed by atoms with Gasteiger partial charge in [-0.05, 0) is 43.3 Å². The van der Waals surface area contributed by atoms with Crippen LogP contribution >= 0.6 is 0 Å². The lowest BCUT2D eigenvalue weighted by atomic mass is 10.1. The maximum Gasteiger partial charge on any atom is 0.255 e. The van der Waals surface area contributed by atoms with Crippen LogP contribution in [-0.2, 0) is 0 Å². The third kappa shape index (κ3) is 4.00. The Morgan fingerprint density at radius 2 is 1.41 bits per heavy atom. The number of amides is 1. The van der Waals surface area contributed by atoms with Crippen LogP contribution in [0.15, 0.2) is 52.9 Å². The highest BCUT2D eigenvalue weighted by atomic mass is 16.4. The van der Waals surface area contributed by atoms with Crippen LogP contribution in [0.4, 0.5) is 0 Å². The molecular formula is C20H15N5O2. The van der Waals surface area contributed by atoms with Gasteiger partial charge in [-0.15, -0.1) is 10.2 Å². The summed E-state index contributed by atoms with van der Waals surface area (Å²) >= 11 is 0. The molecule has 7 heteroatoms. The largest absolute Gasteiger partial charge is 0.416 e. The number of carbonyl (C=O) groups excluding carboxylic acids is 1. The van der Waals surface area contributed by atoms with Crippen LogP contribution in [0, 0.1) is 29.6 Å². The number of hydrogen-bond donors (Lipinski definition) is 0. The molecule has 0 atom stereocenters. The molecule has 2 aromatic carbocycles. The average Bonchev–Trinajstić information content (AvgIpc) is 3.18. The molecule has 1 amide bonds. The van der Waals surface area contributed by atoms with Crippen molar-refractivity contribution in [1.82, 2.24) is 15.1 Å². The first-order valence-corrected chi connectivity index (χ1v) is 8.16. The monoisotopic (exact) mass is 357 g/mol. The van der Waals surface area contributed by atoms with Crippen LogP contribution in [-0.4, -0.2) is 34.1 Å². The fraction of sp³-hybridized carbons (Fsp3) is 0.150. The summed E-state index contributed by atoms with van der Waals surface area (Å²) in [5, 5.41) is 25.7. The first kappa shape index (κ1) is 17.8. The van der Waals surface area contributed by atoms with E-state index in [-0.39, 0.29) is 19.0 Å². The molecule has 0 spiro atoms. The van der Waals surface area contributed by atoms with Crippen molar-refractivity contribution in [2.45, 2.75) is 6.92 Å². The van der Waals surface area contributed by atoms with Gasteiger partial charge >= 0.3 is 0 Å². The lowest BCUT2D eigenvalue weighted by Crippen LogP contribution is -2.31. The third-order valence-corrected chi connectivity index (χ3v) is 3.91. The first-order valence-electron chi connectivity index (χ1n) is 8.16. The molecule has 0 aliphatic heterocycles. The molecule has 1 heterocycles. The minimum Gasteiger partial charge on any atom is -0.416 e. The van der Waals surface area contributed by atoms with Crippen LogP contribution in [0.1, 0.15) is 15.9 Å². The van der Waals surface area contributed by atoms with E-state index in [0.717, 1.165) is 11.1 Å². The second kappa shape index (κ2) is 7.94. The Morgan fingerprint density at radius 3 is 1.89 bits per heavy atom. The van der Waals surface area contributed by atoms with Crippen molar-refractivity contribution < 1.29 is 9.21 Å². The molecule has 0 aliphatic rings. The van der Waals surface area contributed by atoms with Crippen molar-refractivity contribution in [1.29, 1.82) is 10.5 Å². The number of nitrogens with zero attached hydrogens (tertiary/aromatic N) is 5. The van der Waals surface area contributed by atoms with Gasteiger partial charge in [-0.3, -0.25) is 4.79 Å². The molecule has 3 rings (SSSR count). The Labute approximate surface area is 156 Å². The fourth-order valence-corrected chi connectivity index (χ4v) is 2.46. The fourth-order valence-electron chi connectivity index (χ4n) is 2.46. The van der Waals surface area contributed by atoms with Crippen molar-refractivity contribution in [2.24, 2.45) is 0 Å². The summed E-state index contributed by atoms with van der Waals surface area (Å²) in [7, 11) is 0. The quantitative estimate of drug-likeness (QED) is 0.649. The number of hydrogen-bond acceptors (Lipinski definition) is 6. The van der Waals surface area contributed by atoms with Gasteiger partial charge < -0.3 is 9.32 Å². The van der Waals surface area contributed by atoms with Crippen molar-refractivity contribution in [2.75, 3.05) is 13.1 Å². The van der Waals surface area contributed by atoms with Crippen LogP contribution in [0.2, 0.25) is 0 Å². The van der Waals surface area contributed by atoms with Gasteiger partial charge in [0.05, 0.1) is 12.1 Å². The minimum absolute atomic E-state index is 0.141. The predicted molar refractivity (Wildman–Crippen MR) is 97.0 cm³/mol. The number of nitriles is 2. The summed E-state index contributed by atoms with van der Waals surface area (Å²) in [5.41, 5.74) is 3.02. The van der Waals surface area contributed by atoms with Crippen LogP contribution in [0.5, 0.6) is 0 Å². The van der Waals surface area contributed by atoms with E-state index in [2.05, 4.69) is 10.2 Å². The third-order valence-electron chi connectivity index (χ3n) is 3.91. The van der Waals surface area contributed by atoms with Crippen LogP contribution in [0.25, 0.3) is 22.9 Å². The van der Waals surface area contributed by atoms with E-state index in [1.165, 1.54) is 4.90 Å². The lowest BCUT2D eigenvalue weighted by Gasteiger charge is -2.15. The number of aryl methyl sites for hydroxylation is 1. The molecule has 27 heavy (non-hydrogen) atoms. The molecule has 1 aromatic heterocycles. The normalized spacial score (nSPS) is 10.0. The molecule has 132 valence electrons. The van der Waals surface area contributed by atoms with Crippen molar-refractivity contribution in [3.8, 4) is 35.0 Å². The molecule has 0 radical (unpaired) electrons. The highest BCUT2D eigenvalue weighted by molar-refractivity contribution is 5.94. The summed E-state index contributed by atoms with van der Waals surface area (Å²) in [4.78, 5) is 13.5. The summed E-state index contributed by atoms with van der Waals surface area (Å²) in [6.07, 6.45) is 0. The second-order valence-corrected chi connectivity index (χ2v) is 5.83. The van der Waals surface area contributed by atoms with Crippen LogP contribution < -0.4 is 0 Å². The molecule has 0 fully saturated rings.